The van der Waals surface area contributed by atoms with Crippen LogP contribution in [0.2, 0.25) is 0 Å². The Kier molecular flexibility index (Phi) is 4.26. The van der Waals surface area contributed by atoms with Crippen LogP contribution in [0.5, 0.6) is 0 Å². The molecule has 0 spiro atoms. The van der Waals surface area contributed by atoms with Crippen molar-refractivity contribution < 1.29 is 0 Å². The van der Waals surface area contributed by atoms with Gasteiger partial charge in [0.1, 0.15) is 0 Å². The van der Waals surface area contributed by atoms with E-state index in [1.54, 1.807) is 0 Å². The van der Waals surface area contributed by atoms with Crippen LogP contribution in [0.4, 0.5) is 0 Å². The van der Waals surface area contributed by atoms with E-state index in [0.717, 1.165) is 23.9 Å². The molecule has 0 aromatic rings. The van der Waals surface area contributed by atoms with Crippen molar-refractivity contribution in [3.05, 3.63) is 0 Å². The minimum absolute atomic E-state index is 0.752. The summed E-state index contributed by atoms with van der Waals surface area (Å²) in [7, 11) is 0. The average Bonchev–Trinajstić information content (AvgIpc) is 3.10. The zero-order chi connectivity index (χ0) is 11.5. The van der Waals surface area contributed by atoms with Crippen LogP contribution in [0.15, 0.2) is 0 Å². The summed E-state index contributed by atoms with van der Waals surface area (Å²) in [6.45, 7) is 10.8. The minimum Gasteiger partial charge on any atom is -0.309 e. The quantitative estimate of drug-likeness (QED) is 0.772. The predicted octanol–water partition coefficient (Wildman–Crippen LogP) is 2.49. The lowest BCUT2D eigenvalue weighted by molar-refractivity contribution is 0.177. The molecule has 1 heterocycles. The molecule has 1 N–H and O–H groups in total. The molecule has 1 saturated heterocycles. The first-order chi connectivity index (χ1) is 7.70. The van der Waals surface area contributed by atoms with Gasteiger partial charge in [-0.3, -0.25) is 0 Å². The lowest BCUT2D eigenvalue weighted by Gasteiger charge is -2.36. The normalized spacial score (nSPS) is 29.6. The third-order valence-corrected chi connectivity index (χ3v) is 4.23. The van der Waals surface area contributed by atoms with Gasteiger partial charge in [0, 0.05) is 18.6 Å². The van der Waals surface area contributed by atoms with Crippen LogP contribution in [0.25, 0.3) is 0 Å². The topological polar surface area (TPSA) is 15.3 Å². The maximum atomic E-state index is 3.94. The van der Waals surface area contributed by atoms with E-state index in [9.17, 15) is 0 Å². The van der Waals surface area contributed by atoms with Gasteiger partial charge >= 0.3 is 0 Å². The average molecular weight is 224 g/mol. The van der Waals surface area contributed by atoms with Crippen molar-refractivity contribution in [2.75, 3.05) is 19.6 Å². The van der Waals surface area contributed by atoms with E-state index in [1.165, 1.54) is 45.3 Å². The van der Waals surface area contributed by atoms with Crippen LogP contribution in [-0.4, -0.2) is 36.6 Å². The highest BCUT2D eigenvalue weighted by atomic mass is 15.2. The summed E-state index contributed by atoms with van der Waals surface area (Å²) in [5.41, 5.74) is 0. The van der Waals surface area contributed by atoms with Crippen molar-refractivity contribution in [2.45, 2.75) is 58.5 Å². The van der Waals surface area contributed by atoms with E-state index in [0.29, 0.717) is 0 Å². The minimum atomic E-state index is 0.752. The van der Waals surface area contributed by atoms with Gasteiger partial charge in [-0.15, -0.1) is 0 Å². The van der Waals surface area contributed by atoms with Crippen molar-refractivity contribution in [1.82, 2.24) is 10.2 Å². The zero-order valence-corrected chi connectivity index (χ0v) is 11.2. The second kappa shape index (κ2) is 5.50. The third-order valence-electron chi connectivity index (χ3n) is 4.23. The maximum Gasteiger partial charge on any atom is 0.0198 e. The molecule has 0 amide bonds. The molecule has 0 aromatic carbocycles. The monoisotopic (exact) mass is 224 g/mol. The Morgan fingerprint density at radius 3 is 2.56 bits per heavy atom. The molecule has 2 atom stereocenters. The number of likely N-dealkylation sites (N-methyl/N-ethyl adjacent to an activating group) is 1. The van der Waals surface area contributed by atoms with Crippen LogP contribution in [0.3, 0.4) is 0 Å². The van der Waals surface area contributed by atoms with E-state index in [2.05, 4.69) is 31.0 Å². The van der Waals surface area contributed by atoms with Crippen LogP contribution < -0.4 is 5.32 Å². The number of nitrogens with zero attached hydrogens (tertiary/aromatic N) is 1. The molecule has 94 valence electrons. The highest BCUT2D eigenvalue weighted by Crippen LogP contribution is 2.36. The van der Waals surface area contributed by atoms with Gasteiger partial charge in [0.25, 0.3) is 0 Å². The van der Waals surface area contributed by atoms with E-state index in [-0.39, 0.29) is 0 Å². The first kappa shape index (κ1) is 12.4. The molecular formula is C14H28N2. The van der Waals surface area contributed by atoms with Crippen LogP contribution in [0, 0.1) is 11.8 Å². The largest absolute Gasteiger partial charge is 0.309 e. The number of rotatable bonds is 5. The van der Waals surface area contributed by atoms with E-state index in [4.69, 9.17) is 0 Å². The molecule has 16 heavy (non-hydrogen) atoms. The van der Waals surface area contributed by atoms with Crippen LogP contribution in [-0.2, 0) is 0 Å². The smallest absolute Gasteiger partial charge is 0.0198 e. The second-order valence-electron chi connectivity index (χ2n) is 6.01. The lowest BCUT2D eigenvalue weighted by Crippen LogP contribution is -2.51. The molecule has 0 radical (unpaired) electrons. The Labute approximate surface area is 101 Å². The summed E-state index contributed by atoms with van der Waals surface area (Å²) in [5, 5.41) is 3.94. The van der Waals surface area contributed by atoms with Crippen molar-refractivity contribution >= 4 is 0 Å². The first-order valence-electron chi connectivity index (χ1n) is 7.19. The molecule has 2 aliphatic rings. The van der Waals surface area contributed by atoms with Gasteiger partial charge in [-0.1, -0.05) is 20.8 Å². The van der Waals surface area contributed by atoms with E-state index < -0.39 is 0 Å². The van der Waals surface area contributed by atoms with E-state index in [1.807, 2.05) is 0 Å². The fourth-order valence-corrected chi connectivity index (χ4v) is 3.08. The summed E-state index contributed by atoms with van der Waals surface area (Å²) < 4.78 is 0. The van der Waals surface area contributed by atoms with Gasteiger partial charge in [-0.2, -0.15) is 0 Å². The van der Waals surface area contributed by atoms with Crippen LogP contribution in [0.1, 0.15) is 46.5 Å². The molecule has 2 unspecified atom stereocenters. The number of hydrogen-bond acceptors (Lipinski definition) is 2. The molecule has 2 nitrogen and oxygen atoms in total. The lowest BCUT2D eigenvalue weighted by atomic mass is 9.96. The highest BCUT2D eigenvalue weighted by Gasteiger charge is 2.34. The van der Waals surface area contributed by atoms with Gasteiger partial charge in [-0.25, -0.2) is 0 Å². The summed E-state index contributed by atoms with van der Waals surface area (Å²) >= 11 is 0. The second-order valence-corrected chi connectivity index (χ2v) is 6.01. The number of piperidine rings is 1. The Hall–Kier alpha value is -0.0800. The highest BCUT2D eigenvalue weighted by molar-refractivity contribution is 4.91. The van der Waals surface area contributed by atoms with Crippen molar-refractivity contribution in [3.8, 4) is 0 Å². The molecule has 1 saturated carbocycles. The predicted molar refractivity (Wildman–Crippen MR) is 69.6 cm³/mol. The van der Waals surface area contributed by atoms with Crippen molar-refractivity contribution in [3.63, 3.8) is 0 Å². The first-order valence-corrected chi connectivity index (χ1v) is 7.19. The Balaban J connectivity index is 1.82. The van der Waals surface area contributed by atoms with E-state index >= 15 is 0 Å². The van der Waals surface area contributed by atoms with Crippen molar-refractivity contribution in [1.29, 1.82) is 0 Å². The summed E-state index contributed by atoms with van der Waals surface area (Å²) in [4.78, 5) is 2.59. The van der Waals surface area contributed by atoms with Gasteiger partial charge in [0.15, 0.2) is 0 Å². The summed E-state index contributed by atoms with van der Waals surface area (Å²) in [6, 6.07) is 1.53. The van der Waals surface area contributed by atoms with Crippen molar-refractivity contribution in [2.24, 2.45) is 11.8 Å². The fourth-order valence-electron chi connectivity index (χ4n) is 3.08. The van der Waals surface area contributed by atoms with Gasteiger partial charge in [-0.05, 0) is 50.6 Å². The number of nitrogens with one attached hydrogen (secondary N) is 1. The molecule has 2 heteroatoms. The standard InChI is InChI=1S/C14H28N2/c1-4-16-9-5-6-13(10-16)15-14(11(2)3)12-7-8-12/h11-15H,4-10H2,1-3H3. The summed E-state index contributed by atoms with van der Waals surface area (Å²) in [5.74, 6) is 1.78. The molecule has 1 aliphatic carbocycles. The SMILES string of the molecule is CCN1CCCC(NC(C(C)C)C2CC2)C1. The molecule has 2 rings (SSSR count). The Morgan fingerprint density at radius 2 is 2.00 bits per heavy atom. The zero-order valence-electron chi connectivity index (χ0n) is 11.2. The third kappa shape index (κ3) is 3.21. The van der Waals surface area contributed by atoms with Gasteiger partial charge < -0.3 is 10.2 Å². The Bertz CT molecular complexity index is 209. The van der Waals surface area contributed by atoms with Crippen LogP contribution >= 0.6 is 0 Å². The molecule has 2 fully saturated rings. The number of hydrogen-bond donors (Lipinski definition) is 1. The fraction of sp³-hybridized carbons (Fsp3) is 1.00. The number of likely N-dealkylation sites (tertiary alicyclic amines) is 1. The maximum absolute atomic E-state index is 3.94. The molecule has 1 aliphatic heterocycles. The summed E-state index contributed by atoms with van der Waals surface area (Å²) in [6.07, 6.45) is 5.67. The molecular weight excluding hydrogens is 196 g/mol. The van der Waals surface area contributed by atoms with Gasteiger partial charge in [0.2, 0.25) is 0 Å². The molecule has 0 bridgehead atoms. The Morgan fingerprint density at radius 1 is 1.25 bits per heavy atom. The molecule has 0 aromatic heterocycles. The van der Waals surface area contributed by atoms with Gasteiger partial charge in [0.05, 0.1) is 0 Å².